The lowest BCUT2D eigenvalue weighted by atomic mass is 9.85. The Morgan fingerprint density at radius 2 is 1.75 bits per heavy atom. The minimum Gasteiger partial charge on any atom is -0.341 e. The number of hydrazine groups is 1. The zero-order valence-electron chi connectivity index (χ0n) is 19.1. The van der Waals surface area contributed by atoms with Gasteiger partial charge in [0, 0.05) is 50.5 Å². The summed E-state index contributed by atoms with van der Waals surface area (Å²) in [6.45, 7) is 1.17. The molecule has 0 bridgehead atoms. The van der Waals surface area contributed by atoms with Crippen LogP contribution in [0.2, 0.25) is 0 Å². The first kappa shape index (κ1) is 24.6. The number of halogens is 5. The lowest BCUT2D eigenvalue weighted by molar-refractivity contribution is -0.141. The Morgan fingerprint density at radius 1 is 1.00 bits per heavy atom. The van der Waals surface area contributed by atoms with Gasteiger partial charge in [0.1, 0.15) is 6.04 Å². The van der Waals surface area contributed by atoms with Crippen LogP contribution in [-0.4, -0.2) is 64.9 Å². The lowest BCUT2D eigenvalue weighted by Gasteiger charge is -2.35. The molecule has 3 aliphatic rings. The van der Waals surface area contributed by atoms with Crippen molar-refractivity contribution in [2.75, 3.05) is 26.2 Å². The third-order valence-electron chi connectivity index (χ3n) is 7.34. The number of hydrogen-bond donors (Lipinski definition) is 2. The van der Waals surface area contributed by atoms with E-state index in [2.05, 4.69) is 15.8 Å². The van der Waals surface area contributed by atoms with E-state index < -0.39 is 35.3 Å². The molecule has 3 saturated heterocycles. The molecule has 12 heteroatoms. The molecular formula is C24H24F5N5O2. The number of carbonyl (C=O) groups is 2. The summed E-state index contributed by atoms with van der Waals surface area (Å²) in [6, 6.07) is 4.35. The van der Waals surface area contributed by atoms with E-state index in [0.29, 0.717) is 24.7 Å². The smallest absolute Gasteiger partial charge is 0.341 e. The molecule has 2 N–H and O–H groups in total. The minimum absolute atomic E-state index is 0.117. The number of alkyl halides is 3. The molecule has 3 aliphatic heterocycles. The fourth-order valence-corrected chi connectivity index (χ4v) is 5.51. The normalized spacial score (nSPS) is 24.8. The summed E-state index contributed by atoms with van der Waals surface area (Å²) in [5, 5.41) is 0. The highest BCUT2D eigenvalue weighted by Crippen LogP contribution is 2.41. The molecule has 0 radical (unpaired) electrons. The predicted molar refractivity (Wildman–Crippen MR) is 117 cm³/mol. The average Bonchev–Trinajstić information content (AvgIpc) is 3.46. The van der Waals surface area contributed by atoms with Crippen LogP contribution in [0.3, 0.4) is 0 Å². The van der Waals surface area contributed by atoms with Gasteiger partial charge in [0.2, 0.25) is 5.91 Å². The highest BCUT2D eigenvalue weighted by molar-refractivity contribution is 5.94. The van der Waals surface area contributed by atoms with Crippen LogP contribution in [0.5, 0.6) is 0 Å². The van der Waals surface area contributed by atoms with Gasteiger partial charge in [-0.15, -0.1) is 0 Å². The van der Waals surface area contributed by atoms with Crippen LogP contribution in [0.1, 0.15) is 40.2 Å². The number of aromatic nitrogens is 1. The summed E-state index contributed by atoms with van der Waals surface area (Å²) in [4.78, 5) is 33.3. The van der Waals surface area contributed by atoms with Crippen molar-refractivity contribution in [1.29, 1.82) is 0 Å². The second kappa shape index (κ2) is 9.40. The van der Waals surface area contributed by atoms with E-state index in [1.54, 1.807) is 28.1 Å². The maximum absolute atomic E-state index is 14.0. The standard InChI is InChI=1S/C24H24F5N5O2/c25-17-4-3-15(19(20(17)26)24(27,28)29)13-5-8-33(9-6-13)23(36)21-16-11-34(12-18(16)31-32-21)22(35)14-2-1-7-30-10-14/h1-4,7,10,13,16,18,21,31-32H,5-6,8-9,11-12H2. The van der Waals surface area contributed by atoms with Crippen molar-refractivity contribution in [2.24, 2.45) is 5.92 Å². The second-order valence-corrected chi connectivity index (χ2v) is 9.41. The first-order valence-corrected chi connectivity index (χ1v) is 11.7. The van der Waals surface area contributed by atoms with Crippen LogP contribution in [0.15, 0.2) is 36.7 Å². The van der Waals surface area contributed by atoms with E-state index in [9.17, 15) is 31.5 Å². The van der Waals surface area contributed by atoms with E-state index in [4.69, 9.17) is 0 Å². The molecular weight excluding hydrogens is 485 g/mol. The summed E-state index contributed by atoms with van der Waals surface area (Å²) >= 11 is 0. The zero-order chi connectivity index (χ0) is 25.6. The molecule has 192 valence electrons. The maximum atomic E-state index is 14.0. The van der Waals surface area contributed by atoms with Crippen molar-refractivity contribution in [3.8, 4) is 0 Å². The predicted octanol–water partition coefficient (Wildman–Crippen LogP) is 2.70. The number of benzene rings is 1. The third-order valence-corrected chi connectivity index (χ3v) is 7.34. The van der Waals surface area contributed by atoms with Crippen LogP contribution in [0, 0.1) is 17.6 Å². The number of carbonyl (C=O) groups excluding carboxylic acids is 2. The molecule has 5 rings (SSSR count). The number of likely N-dealkylation sites (tertiary alicyclic amines) is 2. The van der Waals surface area contributed by atoms with Gasteiger partial charge in [-0.05, 0) is 42.5 Å². The van der Waals surface area contributed by atoms with Gasteiger partial charge < -0.3 is 9.80 Å². The molecule has 3 atom stereocenters. The van der Waals surface area contributed by atoms with Crippen molar-refractivity contribution >= 4 is 11.8 Å². The van der Waals surface area contributed by atoms with Gasteiger partial charge in [0.05, 0.1) is 11.1 Å². The topological polar surface area (TPSA) is 77.6 Å². The van der Waals surface area contributed by atoms with E-state index in [1.807, 2.05) is 0 Å². The second-order valence-electron chi connectivity index (χ2n) is 9.41. The quantitative estimate of drug-likeness (QED) is 0.623. The Hall–Kier alpha value is -3.12. The van der Waals surface area contributed by atoms with Crippen molar-refractivity contribution in [1.82, 2.24) is 25.6 Å². The van der Waals surface area contributed by atoms with Gasteiger partial charge in [-0.25, -0.2) is 14.2 Å². The number of amides is 2. The van der Waals surface area contributed by atoms with Crippen LogP contribution < -0.4 is 10.9 Å². The van der Waals surface area contributed by atoms with E-state index >= 15 is 0 Å². The van der Waals surface area contributed by atoms with Gasteiger partial charge in [-0.3, -0.25) is 20.0 Å². The highest BCUT2D eigenvalue weighted by atomic mass is 19.4. The first-order valence-electron chi connectivity index (χ1n) is 11.7. The summed E-state index contributed by atoms with van der Waals surface area (Å²) in [5.41, 5.74) is 4.71. The number of rotatable bonds is 3. The Morgan fingerprint density at radius 3 is 2.42 bits per heavy atom. The molecule has 0 aliphatic carbocycles. The highest BCUT2D eigenvalue weighted by Gasteiger charge is 2.48. The molecule has 7 nitrogen and oxygen atoms in total. The molecule has 4 heterocycles. The van der Waals surface area contributed by atoms with Gasteiger partial charge in [-0.1, -0.05) is 6.07 Å². The summed E-state index contributed by atoms with van der Waals surface area (Å²) < 4.78 is 67.9. The number of nitrogens with one attached hydrogen (secondary N) is 2. The van der Waals surface area contributed by atoms with Gasteiger partial charge in [-0.2, -0.15) is 13.2 Å². The zero-order valence-corrected chi connectivity index (χ0v) is 19.1. The van der Waals surface area contributed by atoms with Crippen molar-refractivity contribution in [3.63, 3.8) is 0 Å². The SMILES string of the molecule is O=C(c1cccnc1)N1CC2NNC(C(=O)N3CCC(c4ccc(F)c(F)c4C(F)(F)F)CC3)C2C1. The molecule has 36 heavy (non-hydrogen) atoms. The van der Waals surface area contributed by atoms with Crippen LogP contribution in [-0.2, 0) is 11.0 Å². The minimum atomic E-state index is -5.02. The first-order chi connectivity index (χ1) is 17.1. The van der Waals surface area contributed by atoms with Gasteiger partial charge >= 0.3 is 6.18 Å². The molecule has 1 aromatic heterocycles. The Balaban J connectivity index is 1.23. The number of fused-ring (bicyclic) bond motifs is 1. The number of pyridine rings is 1. The monoisotopic (exact) mass is 509 g/mol. The number of nitrogens with zero attached hydrogens (tertiary/aromatic N) is 3. The number of hydrogen-bond acceptors (Lipinski definition) is 5. The Bertz CT molecular complexity index is 1150. The Labute approximate surface area is 203 Å². The number of piperidine rings is 1. The van der Waals surface area contributed by atoms with E-state index in [1.165, 1.54) is 6.20 Å². The maximum Gasteiger partial charge on any atom is 0.419 e. The van der Waals surface area contributed by atoms with E-state index in [0.717, 1.165) is 6.07 Å². The van der Waals surface area contributed by atoms with Crippen molar-refractivity contribution in [2.45, 2.75) is 37.0 Å². The third kappa shape index (κ3) is 4.43. The lowest BCUT2D eigenvalue weighted by Crippen LogP contribution is -2.51. The fourth-order valence-electron chi connectivity index (χ4n) is 5.51. The molecule has 0 saturated carbocycles. The molecule has 1 aromatic carbocycles. The molecule has 3 unspecified atom stereocenters. The fraction of sp³-hybridized carbons (Fsp3) is 0.458. The molecule has 2 aromatic rings. The molecule has 0 spiro atoms. The molecule has 2 amide bonds. The van der Waals surface area contributed by atoms with Gasteiger partial charge in [0.15, 0.2) is 11.6 Å². The van der Waals surface area contributed by atoms with Crippen molar-refractivity contribution in [3.05, 3.63) is 65.0 Å². The van der Waals surface area contributed by atoms with Crippen LogP contribution in [0.4, 0.5) is 22.0 Å². The largest absolute Gasteiger partial charge is 0.419 e. The van der Waals surface area contributed by atoms with E-state index in [-0.39, 0.29) is 55.3 Å². The van der Waals surface area contributed by atoms with Crippen LogP contribution in [0.25, 0.3) is 0 Å². The van der Waals surface area contributed by atoms with Crippen molar-refractivity contribution < 1.29 is 31.5 Å². The average molecular weight is 509 g/mol. The molecule has 3 fully saturated rings. The summed E-state index contributed by atoms with van der Waals surface area (Å²) in [7, 11) is 0. The summed E-state index contributed by atoms with van der Waals surface area (Å²) in [6.07, 6.45) is -1.56. The van der Waals surface area contributed by atoms with Crippen LogP contribution >= 0.6 is 0 Å². The Kier molecular flexibility index (Phi) is 6.41. The van der Waals surface area contributed by atoms with Gasteiger partial charge in [0.25, 0.3) is 5.91 Å². The summed E-state index contributed by atoms with van der Waals surface area (Å²) in [5.74, 6) is -4.62.